The van der Waals surface area contributed by atoms with Gasteiger partial charge in [-0.1, -0.05) is 30.3 Å². The van der Waals surface area contributed by atoms with E-state index in [1.807, 2.05) is 41.4 Å². The monoisotopic (exact) mass is 318 g/mol. The highest BCUT2D eigenvalue weighted by Crippen LogP contribution is 2.26. The quantitative estimate of drug-likeness (QED) is 0.787. The lowest BCUT2D eigenvalue weighted by Gasteiger charge is -2.15. The van der Waals surface area contributed by atoms with Crippen LogP contribution in [-0.2, 0) is 13.1 Å². The molecule has 0 radical (unpaired) electrons. The van der Waals surface area contributed by atoms with Crippen molar-refractivity contribution in [3.05, 3.63) is 65.9 Å². The molecule has 1 aliphatic heterocycles. The first-order valence-corrected chi connectivity index (χ1v) is 7.48. The fourth-order valence-corrected chi connectivity index (χ4v) is 2.67. The van der Waals surface area contributed by atoms with E-state index in [9.17, 15) is 4.79 Å². The fourth-order valence-electron chi connectivity index (χ4n) is 2.67. The Morgan fingerprint density at radius 3 is 2.67 bits per heavy atom. The highest BCUT2D eigenvalue weighted by atomic mass is 16.1. The SMILES string of the molecule is NC(=O)c1cncc(N2Cc3cnc(-c4ccccc4)nc3C2)n1. The van der Waals surface area contributed by atoms with Crippen molar-refractivity contribution in [2.75, 3.05) is 4.90 Å². The normalized spacial score (nSPS) is 12.9. The Labute approximate surface area is 138 Å². The molecule has 4 rings (SSSR count). The second-order valence-corrected chi connectivity index (χ2v) is 5.51. The van der Waals surface area contributed by atoms with E-state index in [4.69, 9.17) is 5.73 Å². The van der Waals surface area contributed by atoms with E-state index in [1.165, 1.54) is 6.20 Å². The molecule has 0 fully saturated rings. The molecule has 1 aromatic carbocycles. The van der Waals surface area contributed by atoms with Gasteiger partial charge in [0.05, 0.1) is 24.6 Å². The molecule has 1 aliphatic rings. The van der Waals surface area contributed by atoms with Gasteiger partial charge >= 0.3 is 0 Å². The lowest BCUT2D eigenvalue weighted by molar-refractivity contribution is 0.0995. The van der Waals surface area contributed by atoms with Crippen LogP contribution in [0.2, 0.25) is 0 Å². The van der Waals surface area contributed by atoms with Gasteiger partial charge in [0.1, 0.15) is 11.5 Å². The highest BCUT2D eigenvalue weighted by Gasteiger charge is 2.23. The first-order chi connectivity index (χ1) is 11.7. The average molecular weight is 318 g/mol. The minimum Gasteiger partial charge on any atom is -0.364 e. The van der Waals surface area contributed by atoms with Gasteiger partial charge in [0.15, 0.2) is 5.82 Å². The van der Waals surface area contributed by atoms with Gasteiger partial charge in [0.2, 0.25) is 0 Å². The molecule has 0 spiro atoms. The van der Waals surface area contributed by atoms with Crippen LogP contribution in [0.1, 0.15) is 21.7 Å². The van der Waals surface area contributed by atoms with Crippen LogP contribution in [0.4, 0.5) is 5.82 Å². The van der Waals surface area contributed by atoms with Gasteiger partial charge in [-0.3, -0.25) is 9.78 Å². The summed E-state index contributed by atoms with van der Waals surface area (Å²) in [5.41, 5.74) is 8.40. The molecule has 0 unspecified atom stereocenters. The predicted molar refractivity (Wildman–Crippen MR) is 87.9 cm³/mol. The van der Waals surface area contributed by atoms with Crippen molar-refractivity contribution in [2.45, 2.75) is 13.1 Å². The maximum absolute atomic E-state index is 11.3. The molecule has 3 heterocycles. The van der Waals surface area contributed by atoms with Crippen molar-refractivity contribution in [1.29, 1.82) is 0 Å². The van der Waals surface area contributed by atoms with Crippen LogP contribution >= 0.6 is 0 Å². The molecule has 0 saturated heterocycles. The van der Waals surface area contributed by atoms with Crippen LogP contribution in [0.3, 0.4) is 0 Å². The number of aromatic nitrogens is 4. The van der Waals surface area contributed by atoms with E-state index < -0.39 is 5.91 Å². The molecule has 3 aromatic rings. The average Bonchev–Trinajstić information content (AvgIpc) is 3.06. The summed E-state index contributed by atoms with van der Waals surface area (Å²) in [6.07, 6.45) is 4.82. The minimum atomic E-state index is -0.591. The third-order valence-electron chi connectivity index (χ3n) is 3.89. The summed E-state index contributed by atoms with van der Waals surface area (Å²) in [6.45, 7) is 1.22. The lowest BCUT2D eigenvalue weighted by Crippen LogP contribution is -2.20. The lowest BCUT2D eigenvalue weighted by atomic mass is 10.2. The first kappa shape index (κ1) is 14.3. The molecule has 0 aliphatic carbocycles. The summed E-state index contributed by atoms with van der Waals surface area (Å²) in [7, 11) is 0. The zero-order valence-electron chi connectivity index (χ0n) is 12.8. The first-order valence-electron chi connectivity index (χ1n) is 7.48. The number of nitrogens with two attached hydrogens (primary N) is 1. The van der Waals surface area contributed by atoms with Crippen LogP contribution in [0.25, 0.3) is 11.4 Å². The topological polar surface area (TPSA) is 97.9 Å². The number of carbonyl (C=O) groups is 1. The van der Waals surface area contributed by atoms with Gasteiger partial charge in [-0.2, -0.15) is 0 Å². The second-order valence-electron chi connectivity index (χ2n) is 5.51. The van der Waals surface area contributed by atoms with Crippen LogP contribution in [0, 0.1) is 0 Å². The second kappa shape index (κ2) is 5.69. The summed E-state index contributed by atoms with van der Waals surface area (Å²) in [5.74, 6) is 0.714. The van der Waals surface area contributed by atoms with Crippen LogP contribution < -0.4 is 10.6 Å². The Balaban J connectivity index is 1.63. The number of rotatable bonds is 3. The van der Waals surface area contributed by atoms with Crippen molar-refractivity contribution in [3.8, 4) is 11.4 Å². The van der Waals surface area contributed by atoms with Crippen molar-refractivity contribution < 1.29 is 4.79 Å². The number of amides is 1. The number of benzene rings is 1. The van der Waals surface area contributed by atoms with Crippen LogP contribution in [0.15, 0.2) is 48.9 Å². The maximum Gasteiger partial charge on any atom is 0.268 e. The van der Waals surface area contributed by atoms with Gasteiger partial charge in [0.25, 0.3) is 5.91 Å². The van der Waals surface area contributed by atoms with E-state index in [-0.39, 0.29) is 5.69 Å². The number of carbonyl (C=O) groups excluding carboxylic acids is 1. The summed E-state index contributed by atoms with van der Waals surface area (Å²) < 4.78 is 0. The Bertz CT molecular complexity index is 912. The van der Waals surface area contributed by atoms with E-state index in [2.05, 4.69) is 19.9 Å². The Hall–Kier alpha value is -3.35. The summed E-state index contributed by atoms with van der Waals surface area (Å²) in [6, 6.07) is 9.85. The molecule has 0 saturated carbocycles. The number of hydrogen-bond acceptors (Lipinski definition) is 6. The third kappa shape index (κ3) is 2.56. The molecule has 7 heteroatoms. The zero-order valence-corrected chi connectivity index (χ0v) is 12.8. The Morgan fingerprint density at radius 1 is 1.04 bits per heavy atom. The van der Waals surface area contributed by atoms with Gasteiger partial charge < -0.3 is 10.6 Å². The molecule has 2 N–H and O–H groups in total. The molecule has 0 atom stereocenters. The van der Waals surface area contributed by atoms with E-state index in [0.29, 0.717) is 24.7 Å². The molecule has 24 heavy (non-hydrogen) atoms. The number of hydrogen-bond donors (Lipinski definition) is 1. The van der Waals surface area contributed by atoms with E-state index >= 15 is 0 Å². The van der Waals surface area contributed by atoms with E-state index in [1.54, 1.807) is 6.20 Å². The fraction of sp³-hybridized carbons (Fsp3) is 0.118. The standard InChI is InChI=1S/C17H14N6O/c18-16(24)13-7-19-8-15(21-13)23-9-12-6-20-17(22-14(12)10-23)11-4-2-1-3-5-11/h1-8H,9-10H2,(H2,18,24). The van der Waals surface area contributed by atoms with Gasteiger partial charge in [-0.15, -0.1) is 0 Å². The number of nitrogens with zero attached hydrogens (tertiary/aromatic N) is 5. The molecular weight excluding hydrogens is 304 g/mol. The Kier molecular flexibility index (Phi) is 3.38. The zero-order chi connectivity index (χ0) is 16.5. The largest absolute Gasteiger partial charge is 0.364 e. The highest BCUT2D eigenvalue weighted by molar-refractivity contribution is 5.90. The number of fused-ring (bicyclic) bond motifs is 1. The maximum atomic E-state index is 11.3. The number of anilines is 1. The molecule has 1 amide bonds. The number of primary amides is 1. The van der Waals surface area contributed by atoms with Crippen LogP contribution in [0.5, 0.6) is 0 Å². The summed E-state index contributed by atoms with van der Waals surface area (Å²) >= 11 is 0. The summed E-state index contributed by atoms with van der Waals surface area (Å²) in [5, 5.41) is 0. The predicted octanol–water partition coefficient (Wildman–Crippen LogP) is 1.55. The van der Waals surface area contributed by atoms with Crippen molar-refractivity contribution in [2.24, 2.45) is 5.73 Å². The summed E-state index contributed by atoms with van der Waals surface area (Å²) in [4.78, 5) is 30.7. The molecular formula is C17H14N6O. The molecule has 0 bridgehead atoms. The van der Waals surface area contributed by atoms with E-state index in [0.717, 1.165) is 16.8 Å². The Morgan fingerprint density at radius 2 is 1.88 bits per heavy atom. The minimum absolute atomic E-state index is 0.152. The molecule has 7 nitrogen and oxygen atoms in total. The third-order valence-corrected chi connectivity index (χ3v) is 3.89. The van der Waals surface area contributed by atoms with Gasteiger partial charge in [-0.25, -0.2) is 15.0 Å². The van der Waals surface area contributed by atoms with Crippen molar-refractivity contribution in [3.63, 3.8) is 0 Å². The van der Waals surface area contributed by atoms with Gasteiger partial charge in [0, 0.05) is 23.9 Å². The molecule has 2 aromatic heterocycles. The smallest absolute Gasteiger partial charge is 0.268 e. The molecule has 118 valence electrons. The van der Waals surface area contributed by atoms with Crippen LogP contribution in [-0.4, -0.2) is 25.8 Å². The van der Waals surface area contributed by atoms with Crippen molar-refractivity contribution in [1.82, 2.24) is 19.9 Å². The van der Waals surface area contributed by atoms with Crippen molar-refractivity contribution >= 4 is 11.7 Å². The van der Waals surface area contributed by atoms with Gasteiger partial charge in [-0.05, 0) is 0 Å².